The zero-order valence-electron chi connectivity index (χ0n) is 11.6. The largest absolute Gasteiger partial charge is 0.341 e. The molecule has 1 atom stereocenters. The van der Waals surface area contributed by atoms with E-state index in [1.165, 1.54) is 25.0 Å². The number of benzene rings is 1. The molecule has 3 nitrogen and oxygen atoms in total. The quantitative estimate of drug-likeness (QED) is 0.861. The maximum absolute atomic E-state index is 12.8. The second kappa shape index (κ2) is 5.92. The van der Waals surface area contributed by atoms with Gasteiger partial charge in [-0.2, -0.15) is 0 Å². The molecule has 1 aromatic carbocycles. The average Bonchev–Trinajstić information content (AvgIpc) is 3.20. The molecule has 1 saturated heterocycles. The van der Waals surface area contributed by atoms with Gasteiger partial charge in [0.1, 0.15) is 5.82 Å². The van der Waals surface area contributed by atoms with Crippen LogP contribution in [0.2, 0.25) is 0 Å². The van der Waals surface area contributed by atoms with E-state index in [1.54, 1.807) is 12.1 Å². The lowest BCUT2D eigenvalue weighted by Crippen LogP contribution is -2.34. The number of carbonyl (C=O) groups excluding carboxylic acids is 1. The first-order chi connectivity index (χ1) is 9.70. The predicted molar refractivity (Wildman–Crippen MR) is 75.8 cm³/mol. The van der Waals surface area contributed by atoms with Gasteiger partial charge in [0.05, 0.1) is 0 Å². The van der Waals surface area contributed by atoms with Crippen molar-refractivity contribution in [2.45, 2.75) is 31.7 Å². The van der Waals surface area contributed by atoms with E-state index in [1.807, 2.05) is 4.90 Å². The number of rotatable bonds is 6. The molecule has 1 aliphatic heterocycles. The van der Waals surface area contributed by atoms with Crippen molar-refractivity contribution in [3.05, 3.63) is 35.6 Å². The highest BCUT2D eigenvalue weighted by Crippen LogP contribution is 2.28. The summed E-state index contributed by atoms with van der Waals surface area (Å²) >= 11 is 0. The number of amides is 1. The summed E-state index contributed by atoms with van der Waals surface area (Å²) in [5.41, 5.74) is 1.08. The third kappa shape index (κ3) is 3.57. The van der Waals surface area contributed by atoms with Crippen molar-refractivity contribution in [1.29, 1.82) is 0 Å². The van der Waals surface area contributed by atoms with E-state index in [9.17, 15) is 9.18 Å². The molecule has 4 heteroatoms. The molecule has 108 valence electrons. The van der Waals surface area contributed by atoms with Crippen LogP contribution < -0.4 is 5.32 Å². The average molecular weight is 276 g/mol. The van der Waals surface area contributed by atoms with Crippen molar-refractivity contribution in [3.8, 4) is 0 Å². The number of hydrogen-bond acceptors (Lipinski definition) is 2. The minimum atomic E-state index is -0.213. The van der Waals surface area contributed by atoms with E-state index in [2.05, 4.69) is 5.32 Å². The molecular formula is C16H21FN2O. The van der Waals surface area contributed by atoms with Gasteiger partial charge in [-0.25, -0.2) is 4.39 Å². The van der Waals surface area contributed by atoms with E-state index in [4.69, 9.17) is 0 Å². The van der Waals surface area contributed by atoms with Crippen molar-refractivity contribution in [1.82, 2.24) is 10.2 Å². The Morgan fingerprint density at radius 2 is 2.00 bits per heavy atom. The lowest BCUT2D eigenvalue weighted by molar-refractivity contribution is -0.127. The number of nitrogens with one attached hydrogen (secondary N) is 1. The summed E-state index contributed by atoms with van der Waals surface area (Å²) in [7, 11) is 0. The van der Waals surface area contributed by atoms with Gasteiger partial charge in [0.15, 0.2) is 0 Å². The fourth-order valence-corrected chi connectivity index (χ4v) is 2.70. The number of carbonyl (C=O) groups is 1. The molecule has 2 aliphatic rings. The number of nitrogens with zero attached hydrogens (tertiary/aromatic N) is 1. The highest BCUT2D eigenvalue weighted by Gasteiger charge is 2.30. The Hall–Kier alpha value is -1.42. The van der Waals surface area contributed by atoms with Crippen LogP contribution in [0.5, 0.6) is 0 Å². The van der Waals surface area contributed by atoms with E-state index in [0.717, 1.165) is 37.5 Å². The summed E-state index contributed by atoms with van der Waals surface area (Å²) in [6.07, 6.45) is 4.08. The van der Waals surface area contributed by atoms with Crippen LogP contribution in [-0.4, -0.2) is 36.5 Å². The molecule has 1 aromatic rings. The number of likely N-dealkylation sites (tertiary alicyclic amines) is 1. The zero-order valence-corrected chi connectivity index (χ0v) is 11.6. The Morgan fingerprint density at radius 3 is 2.70 bits per heavy atom. The van der Waals surface area contributed by atoms with Crippen LogP contribution >= 0.6 is 0 Å². The molecular weight excluding hydrogens is 255 g/mol. The lowest BCUT2D eigenvalue weighted by Gasteiger charge is -2.17. The van der Waals surface area contributed by atoms with Gasteiger partial charge in [-0.15, -0.1) is 0 Å². The summed E-state index contributed by atoms with van der Waals surface area (Å²) in [6.45, 7) is 2.60. The first kappa shape index (κ1) is 13.6. The van der Waals surface area contributed by atoms with Crippen LogP contribution in [0.4, 0.5) is 4.39 Å². The monoisotopic (exact) mass is 276 g/mol. The summed E-state index contributed by atoms with van der Waals surface area (Å²) < 4.78 is 12.8. The summed E-state index contributed by atoms with van der Waals surface area (Å²) in [6, 6.07) is 6.84. The first-order valence-electron chi connectivity index (χ1n) is 7.46. The Morgan fingerprint density at radius 1 is 1.25 bits per heavy atom. The van der Waals surface area contributed by atoms with Crippen molar-refractivity contribution < 1.29 is 9.18 Å². The van der Waals surface area contributed by atoms with Crippen LogP contribution in [0.3, 0.4) is 0 Å². The maximum Gasteiger partial charge on any atom is 0.224 e. The van der Waals surface area contributed by atoms with Gasteiger partial charge < -0.3 is 10.2 Å². The highest BCUT2D eigenvalue weighted by molar-refractivity contribution is 5.79. The van der Waals surface area contributed by atoms with Gasteiger partial charge in [-0.3, -0.25) is 4.79 Å². The van der Waals surface area contributed by atoms with Crippen LogP contribution in [0.1, 0.15) is 24.8 Å². The van der Waals surface area contributed by atoms with Crippen LogP contribution in [0.15, 0.2) is 24.3 Å². The smallest absolute Gasteiger partial charge is 0.224 e. The van der Waals surface area contributed by atoms with Gasteiger partial charge in [0.25, 0.3) is 0 Å². The standard InChI is InChI=1S/C16H21FN2O/c17-14-5-3-12(4-6-14)7-8-19-11-15(9-16(19)20)18-10-13-1-2-13/h3-6,13,15,18H,1-2,7-11H2/t15-/m1/s1. The molecule has 1 saturated carbocycles. The molecule has 0 bridgehead atoms. The minimum Gasteiger partial charge on any atom is -0.341 e. The summed E-state index contributed by atoms with van der Waals surface area (Å²) in [5.74, 6) is 0.870. The van der Waals surface area contributed by atoms with E-state index in [-0.39, 0.29) is 11.7 Å². The van der Waals surface area contributed by atoms with E-state index >= 15 is 0 Å². The van der Waals surface area contributed by atoms with Crippen molar-refractivity contribution in [2.75, 3.05) is 19.6 Å². The van der Waals surface area contributed by atoms with Gasteiger partial charge in [-0.1, -0.05) is 12.1 Å². The van der Waals surface area contributed by atoms with Crippen LogP contribution in [-0.2, 0) is 11.2 Å². The molecule has 0 aromatic heterocycles. The summed E-state index contributed by atoms with van der Waals surface area (Å²) in [5, 5.41) is 3.50. The number of hydrogen-bond donors (Lipinski definition) is 1. The lowest BCUT2D eigenvalue weighted by atomic mass is 10.1. The van der Waals surface area contributed by atoms with E-state index in [0.29, 0.717) is 12.5 Å². The topological polar surface area (TPSA) is 32.3 Å². The highest BCUT2D eigenvalue weighted by atomic mass is 19.1. The van der Waals surface area contributed by atoms with Crippen molar-refractivity contribution >= 4 is 5.91 Å². The first-order valence-corrected chi connectivity index (χ1v) is 7.46. The van der Waals surface area contributed by atoms with Gasteiger partial charge in [0.2, 0.25) is 5.91 Å². The fraction of sp³-hybridized carbons (Fsp3) is 0.562. The van der Waals surface area contributed by atoms with Crippen molar-refractivity contribution in [2.24, 2.45) is 5.92 Å². The summed E-state index contributed by atoms with van der Waals surface area (Å²) in [4.78, 5) is 13.9. The molecule has 1 aliphatic carbocycles. The second-order valence-corrected chi connectivity index (χ2v) is 5.97. The maximum atomic E-state index is 12.8. The molecule has 1 N–H and O–H groups in total. The Bertz CT molecular complexity index is 470. The molecule has 20 heavy (non-hydrogen) atoms. The minimum absolute atomic E-state index is 0.213. The normalized spacial score (nSPS) is 22.6. The molecule has 0 spiro atoms. The third-order valence-corrected chi connectivity index (χ3v) is 4.19. The fourth-order valence-electron chi connectivity index (χ4n) is 2.70. The van der Waals surface area contributed by atoms with Gasteiger partial charge in [-0.05, 0) is 49.4 Å². The van der Waals surface area contributed by atoms with Crippen molar-refractivity contribution in [3.63, 3.8) is 0 Å². The third-order valence-electron chi connectivity index (χ3n) is 4.19. The Labute approximate surface area is 119 Å². The zero-order chi connectivity index (χ0) is 13.9. The Kier molecular flexibility index (Phi) is 4.01. The molecule has 0 radical (unpaired) electrons. The van der Waals surface area contributed by atoms with E-state index < -0.39 is 0 Å². The molecule has 3 rings (SSSR count). The Balaban J connectivity index is 1.44. The second-order valence-electron chi connectivity index (χ2n) is 5.97. The molecule has 2 fully saturated rings. The van der Waals surface area contributed by atoms with Crippen LogP contribution in [0.25, 0.3) is 0 Å². The molecule has 1 heterocycles. The molecule has 1 amide bonds. The SMILES string of the molecule is O=C1C[C@@H](NCC2CC2)CN1CCc1ccc(F)cc1. The molecule has 0 unspecified atom stereocenters. The predicted octanol–water partition coefficient (Wildman–Crippen LogP) is 1.97. The van der Waals surface area contributed by atoms with Crippen LogP contribution in [0, 0.1) is 11.7 Å². The van der Waals surface area contributed by atoms with Gasteiger partial charge >= 0.3 is 0 Å². The number of halogens is 1. The van der Waals surface area contributed by atoms with Gasteiger partial charge in [0, 0.05) is 25.6 Å².